The second-order valence-electron chi connectivity index (χ2n) is 10.1. The Labute approximate surface area is 195 Å². The lowest BCUT2D eigenvalue weighted by atomic mass is 9.86. The first-order valence-corrected chi connectivity index (χ1v) is 13.2. The molecule has 0 bridgehead atoms. The highest BCUT2D eigenvalue weighted by Crippen LogP contribution is 2.35. The van der Waals surface area contributed by atoms with E-state index in [1.807, 2.05) is 0 Å². The Kier molecular flexibility index (Phi) is 7.46. The molecule has 0 aromatic heterocycles. The van der Waals surface area contributed by atoms with Crippen LogP contribution in [0.1, 0.15) is 45.6 Å². The number of benzene rings is 3. The number of rotatable bonds is 7. The summed E-state index contributed by atoms with van der Waals surface area (Å²) in [4.78, 5) is 2.53. The molecular formula is C29H36NOP. The SMILES string of the molecule is CC(C)(C)C[C@@H](O)[C@@H]1CCCN1Cc1ccccc1P(c1ccccc1)c1ccccc1. The molecule has 0 radical (unpaired) electrons. The van der Waals surface area contributed by atoms with E-state index >= 15 is 0 Å². The first-order valence-electron chi connectivity index (χ1n) is 11.8. The Hall–Kier alpha value is -1.99. The molecule has 2 atom stereocenters. The number of aliphatic hydroxyl groups excluding tert-OH is 1. The monoisotopic (exact) mass is 445 g/mol. The number of aliphatic hydroxyl groups is 1. The van der Waals surface area contributed by atoms with Crippen LogP contribution < -0.4 is 15.9 Å². The molecule has 168 valence electrons. The van der Waals surface area contributed by atoms with Crippen LogP contribution in [0.15, 0.2) is 84.9 Å². The molecule has 1 aliphatic heterocycles. The average Bonchev–Trinajstić information content (AvgIpc) is 3.24. The highest BCUT2D eigenvalue weighted by molar-refractivity contribution is 7.79. The summed E-state index contributed by atoms with van der Waals surface area (Å²) in [6, 6.07) is 31.1. The zero-order valence-electron chi connectivity index (χ0n) is 19.6. The van der Waals surface area contributed by atoms with Gasteiger partial charge in [0.1, 0.15) is 0 Å². The molecule has 3 aromatic carbocycles. The molecule has 3 aromatic rings. The third kappa shape index (κ3) is 5.67. The number of likely N-dealkylation sites (tertiary alicyclic amines) is 1. The van der Waals surface area contributed by atoms with E-state index in [1.54, 1.807) is 0 Å². The molecule has 0 amide bonds. The fourth-order valence-electron chi connectivity index (χ4n) is 4.91. The predicted molar refractivity (Wildman–Crippen MR) is 139 cm³/mol. The second-order valence-corrected chi connectivity index (χ2v) is 12.3. The van der Waals surface area contributed by atoms with Gasteiger partial charge >= 0.3 is 0 Å². The standard InChI is InChI=1S/C29H36NOP/c1-29(2,3)21-27(31)26-18-12-20-30(26)22-23-13-10-11-19-28(23)32(24-14-6-4-7-15-24)25-16-8-5-9-17-25/h4-11,13-17,19,26-27,31H,12,18,20-22H2,1-3H3/t26-,27+/m0/s1. The maximum Gasteiger partial charge on any atom is 0.0700 e. The van der Waals surface area contributed by atoms with Gasteiger partial charge in [0.05, 0.1) is 6.10 Å². The van der Waals surface area contributed by atoms with Gasteiger partial charge in [-0.1, -0.05) is 106 Å². The molecule has 0 saturated carbocycles. The smallest absolute Gasteiger partial charge is 0.0700 e. The van der Waals surface area contributed by atoms with Gasteiger partial charge in [-0.2, -0.15) is 0 Å². The zero-order valence-corrected chi connectivity index (χ0v) is 20.5. The summed E-state index contributed by atoms with van der Waals surface area (Å²) < 4.78 is 0. The molecule has 4 rings (SSSR count). The maximum absolute atomic E-state index is 11.0. The van der Waals surface area contributed by atoms with Crippen LogP contribution in [0.4, 0.5) is 0 Å². The topological polar surface area (TPSA) is 23.5 Å². The van der Waals surface area contributed by atoms with E-state index in [4.69, 9.17) is 0 Å². The molecule has 2 nitrogen and oxygen atoms in total. The molecule has 1 fully saturated rings. The number of nitrogens with zero attached hydrogens (tertiary/aromatic N) is 1. The van der Waals surface area contributed by atoms with Crippen LogP contribution in [-0.4, -0.2) is 28.7 Å². The summed E-state index contributed by atoms with van der Waals surface area (Å²) in [5, 5.41) is 15.2. The van der Waals surface area contributed by atoms with E-state index in [-0.39, 0.29) is 17.6 Å². The molecule has 3 heteroatoms. The molecule has 1 saturated heterocycles. The van der Waals surface area contributed by atoms with E-state index in [2.05, 4.69) is 111 Å². The molecule has 1 heterocycles. The van der Waals surface area contributed by atoms with Crippen molar-refractivity contribution in [2.75, 3.05) is 6.54 Å². The van der Waals surface area contributed by atoms with Gasteiger partial charge < -0.3 is 5.11 Å². The van der Waals surface area contributed by atoms with E-state index in [1.165, 1.54) is 27.9 Å². The van der Waals surface area contributed by atoms with E-state index in [0.717, 1.165) is 25.9 Å². The summed E-state index contributed by atoms with van der Waals surface area (Å²) in [5.41, 5.74) is 1.53. The quantitative estimate of drug-likeness (QED) is 0.505. The van der Waals surface area contributed by atoms with Gasteiger partial charge in [-0.15, -0.1) is 0 Å². The van der Waals surface area contributed by atoms with Gasteiger partial charge in [0.15, 0.2) is 0 Å². The summed E-state index contributed by atoms with van der Waals surface area (Å²) in [5.74, 6) is 0. The van der Waals surface area contributed by atoms with E-state index in [9.17, 15) is 5.11 Å². The van der Waals surface area contributed by atoms with Gasteiger partial charge in [-0.05, 0) is 60.6 Å². The minimum Gasteiger partial charge on any atom is -0.391 e. The van der Waals surface area contributed by atoms with Gasteiger partial charge in [-0.25, -0.2) is 0 Å². The Bertz CT molecular complexity index is 943. The van der Waals surface area contributed by atoms with Crippen molar-refractivity contribution in [2.24, 2.45) is 5.41 Å². The minimum absolute atomic E-state index is 0.139. The lowest BCUT2D eigenvalue weighted by Gasteiger charge is -2.33. The first-order chi connectivity index (χ1) is 15.4. The predicted octanol–water partition coefficient (Wildman–Crippen LogP) is 5.21. The lowest BCUT2D eigenvalue weighted by molar-refractivity contribution is 0.0392. The second kappa shape index (κ2) is 10.3. The van der Waals surface area contributed by atoms with Crippen molar-refractivity contribution in [3.8, 4) is 0 Å². The third-order valence-corrected chi connectivity index (χ3v) is 8.86. The van der Waals surface area contributed by atoms with Crippen LogP contribution in [0.2, 0.25) is 0 Å². The van der Waals surface area contributed by atoms with E-state index < -0.39 is 7.92 Å². The van der Waals surface area contributed by atoms with Crippen LogP contribution in [0.3, 0.4) is 0 Å². The Morgan fingerprint density at radius 1 is 0.875 bits per heavy atom. The normalized spacial score (nSPS) is 18.2. The van der Waals surface area contributed by atoms with Crippen molar-refractivity contribution >= 4 is 23.8 Å². The summed E-state index contributed by atoms with van der Waals surface area (Å²) in [7, 11) is -0.628. The zero-order chi connectivity index (χ0) is 22.6. The summed E-state index contributed by atoms with van der Waals surface area (Å²) in [6.45, 7) is 8.63. The van der Waals surface area contributed by atoms with Crippen molar-refractivity contribution < 1.29 is 5.11 Å². The van der Waals surface area contributed by atoms with Gasteiger partial charge in [-0.3, -0.25) is 4.90 Å². The fraction of sp³-hybridized carbons (Fsp3) is 0.379. The first kappa shape index (κ1) is 23.2. The summed E-state index contributed by atoms with van der Waals surface area (Å²) in [6.07, 6.45) is 2.83. The van der Waals surface area contributed by atoms with Crippen molar-refractivity contribution in [3.63, 3.8) is 0 Å². The molecule has 1 aliphatic rings. The summed E-state index contributed by atoms with van der Waals surface area (Å²) >= 11 is 0. The minimum atomic E-state index is -0.628. The Balaban J connectivity index is 1.66. The van der Waals surface area contributed by atoms with Crippen molar-refractivity contribution in [1.82, 2.24) is 4.90 Å². The van der Waals surface area contributed by atoms with Crippen LogP contribution in [-0.2, 0) is 6.54 Å². The molecule has 0 spiro atoms. The van der Waals surface area contributed by atoms with Gasteiger partial charge in [0.25, 0.3) is 0 Å². The highest BCUT2D eigenvalue weighted by Gasteiger charge is 2.33. The van der Waals surface area contributed by atoms with Crippen LogP contribution in [0.25, 0.3) is 0 Å². The van der Waals surface area contributed by atoms with Crippen LogP contribution >= 0.6 is 7.92 Å². The molecule has 32 heavy (non-hydrogen) atoms. The number of hydrogen-bond donors (Lipinski definition) is 1. The Morgan fingerprint density at radius 2 is 1.44 bits per heavy atom. The van der Waals surface area contributed by atoms with Gasteiger partial charge in [0, 0.05) is 12.6 Å². The fourth-order valence-corrected chi connectivity index (χ4v) is 7.37. The van der Waals surface area contributed by atoms with Crippen molar-refractivity contribution in [3.05, 3.63) is 90.5 Å². The maximum atomic E-state index is 11.0. The van der Waals surface area contributed by atoms with Crippen LogP contribution in [0, 0.1) is 5.41 Å². The highest BCUT2D eigenvalue weighted by atomic mass is 31.1. The third-order valence-electron chi connectivity index (χ3n) is 6.31. The molecular weight excluding hydrogens is 409 g/mol. The number of hydrogen-bond acceptors (Lipinski definition) is 2. The molecule has 0 unspecified atom stereocenters. The van der Waals surface area contributed by atoms with Crippen LogP contribution in [0.5, 0.6) is 0 Å². The van der Waals surface area contributed by atoms with Crippen molar-refractivity contribution in [1.29, 1.82) is 0 Å². The Morgan fingerprint density at radius 3 is 2.03 bits per heavy atom. The van der Waals surface area contributed by atoms with Crippen molar-refractivity contribution in [2.45, 2.75) is 58.7 Å². The van der Waals surface area contributed by atoms with Gasteiger partial charge in [0.2, 0.25) is 0 Å². The largest absolute Gasteiger partial charge is 0.391 e. The lowest BCUT2D eigenvalue weighted by Crippen LogP contribution is -2.41. The van der Waals surface area contributed by atoms with E-state index in [0.29, 0.717) is 0 Å². The average molecular weight is 446 g/mol. The molecule has 0 aliphatic carbocycles. The molecule has 1 N–H and O–H groups in total.